The van der Waals surface area contributed by atoms with E-state index in [-0.39, 0.29) is 18.8 Å². The van der Waals surface area contributed by atoms with Gasteiger partial charge in [-0.25, -0.2) is 0 Å². The van der Waals surface area contributed by atoms with Gasteiger partial charge in [0.2, 0.25) is 0 Å². The van der Waals surface area contributed by atoms with Crippen molar-refractivity contribution in [2.45, 2.75) is 20.3 Å². The molecule has 1 aromatic carbocycles. The fraction of sp³-hybridized carbons (Fsp3) is 0.308. The highest BCUT2D eigenvalue weighted by atomic mass is 16.5. The highest BCUT2D eigenvalue weighted by molar-refractivity contribution is 6.07. The van der Waals surface area contributed by atoms with Crippen LogP contribution in [0, 0.1) is 6.92 Å². The van der Waals surface area contributed by atoms with Crippen LogP contribution in [0.5, 0.6) is 0 Å². The molecule has 0 spiro atoms. The molecule has 0 radical (unpaired) electrons. The van der Waals surface area contributed by atoms with Gasteiger partial charge in [0.15, 0.2) is 11.4 Å². The summed E-state index contributed by atoms with van der Waals surface area (Å²) in [5.74, 6) is -0.777. The molecule has 5 nitrogen and oxygen atoms in total. The van der Waals surface area contributed by atoms with Crippen LogP contribution in [0.1, 0.15) is 29.4 Å². The second-order valence-electron chi connectivity index (χ2n) is 3.88. The van der Waals surface area contributed by atoms with E-state index < -0.39 is 5.97 Å². The highest BCUT2D eigenvalue weighted by Crippen LogP contribution is 2.20. The minimum absolute atomic E-state index is 0.246. The maximum atomic E-state index is 11.9. The average Bonchev–Trinajstić information content (AvgIpc) is 2.71. The quantitative estimate of drug-likeness (QED) is 0.471. The van der Waals surface area contributed by atoms with Crippen molar-refractivity contribution in [1.29, 1.82) is 0 Å². The molecule has 1 aromatic heterocycles. The van der Waals surface area contributed by atoms with Crippen molar-refractivity contribution in [2.24, 2.45) is 0 Å². The maximum Gasteiger partial charge on any atom is 0.313 e. The molecule has 0 saturated heterocycles. The normalized spacial score (nSPS) is 10.6. The van der Waals surface area contributed by atoms with Gasteiger partial charge in [0, 0.05) is 10.9 Å². The number of nitrogens with zero attached hydrogens (tertiary/aromatic N) is 1. The third kappa shape index (κ3) is 2.40. The van der Waals surface area contributed by atoms with Gasteiger partial charge < -0.3 is 9.26 Å². The summed E-state index contributed by atoms with van der Waals surface area (Å²) in [6.45, 7) is 3.77. The van der Waals surface area contributed by atoms with Gasteiger partial charge in [0.1, 0.15) is 6.42 Å². The number of aryl methyl sites for hydroxylation is 1. The van der Waals surface area contributed by atoms with Crippen LogP contribution in [0.3, 0.4) is 0 Å². The fourth-order valence-corrected chi connectivity index (χ4v) is 1.68. The molecule has 5 heteroatoms. The summed E-state index contributed by atoms with van der Waals surface area (Å²) in [5, 5.41) is 4.59. The number of aromatic nitrogens is 1. The van der Waals surface area contributed by atoms with Gasteiger partial charge in [0.05, 0.1) is 12.3 Å². The first kappa shape index (κ1) is 12.3. The Labute approximate surface area is 104 Å². The largest absolute Gasteiger partial charge is 0.466 e. The standard InChI is InChI=1S/C13H13NO4/c1-3-17-13(16)7-11(15)9-4-5-12-10(6-9)8(2)14-18-12/h4-6H,3,7H2,1-2H3. The van der Waals surface area contributed by atoms with E-state index in [0.717, 1.165) is 11.1 Å². The second kappa shape index (κ2) is 5.00. The van der Waals surface area contributed by atoms with Crippen LogP contribution in [-0.2, 0) is 9.53 Å². The van der Waals surface area contributed by atoms with Gasteiger partial charge in [-0.15, -0.1) is 0 Å². The molecule has 94 valence electrons. The lowest BCUT2D eigenvalue weighted by Crippen LogP contribution is -2.11. The molecule has 0 aliphatic heterocycles. The zero-order valence-electron chi connectivity index (χ0n) is 10.2. The van der Waals surface area contributed by atoms with E-state index in [2.05, 4.69) is 5.16 Å². The van der Waals surface area contributed by atoms with Gasteiger partial charge in [-0.2, -0.15) is 0 Å². The van der Waals surface area contributed by atoms with E-state index >= 15 is 0 Å². The van der Waals surface area contributed by atoms with Crippen LogP contribution in [0.15, 0.2) is 22.7 Å². The van der Waals surface area contributed by atoms with E-state index in [1.165, 1.54) is 0 Å². The molecule has 0 atom stereocenters. The third-order valence-electron chi connectivity index (χ3n) is 2.58. The first-order valence-corrected chi connectivity index (χ1v) is 5.66. The van der Waals surface area contributed by atoms with Gasteiger partial charge in [-0.05, 0) is 32.0 Å². The van der Waals surface area contributed by atoms with Crippen LogP contribution in [0.4, 0.5) is 0 Å². The van der Waals surface area contributed by atoms with Crippen molar-refractivity contribution >= 4 is 22.7 Å². The summed E-state index contributed by atoms with van der Waals surface area (Å²) in [6, 6.07) is 4.98. The number of hydrogen-bond donors (Lipinski definition) is 0. The number of ether oxygens (including phenoxy) is 1. The van der Waals surface area contributed by atoms with Crippen molar-refractivity contribution in [1.82, 2.24) is 5.16 Å². The summed E-state index contributed by atoms with van der Waals surface area (Å²) in [4.78, 5) is 23.1. The number of rotatable bonds is 4. The van der Waals surface area contributed by atoms with Crippen molar-refractivity contribution in [2.75, 3.05) is 6.61 Å². The lowest BCUT2D eigenvalue weighted by atomic mass is 10.1. The zero-order valence-corrected chi connectivity index (χ0v) is 10.2. The Morgan fingerprint density at radius 3 is 2.89 bits per heavy atom. The van der Waals surface area contributed by atoms with Crippen LogP contribution in [0.2, 0.25) is 0 Å². The second-order valence-corrected chi connectivity index (χ2v) is 3.88. The Bertz CT molecular complexity index is 600. The molecule has 18 heavy (non-hydrogen) atoms. The predicted octanol–water partition coefficient (Wildman–Crippen LogP) is 2.27. The Balaban J connectivity index is 2.22. The molecular weight excluding hydrogens is 234 g/mol. The van der Waals surface area contributed by atoms with Gasteiger partial charge in [-0.1, -0.05) is 5.16 Å². The minimum atomic E-state index is -0.510. The van der Waals surface area contributed by atoms with Crippen LogP contribution in [-0.4, -0.2) is 23.5 Å². The molecule has 2 rings (SSSR count). The smallest absolute Gasteiger partial charge is 0.313 e. The molecule has 0 aliphatic rings. The van der Waals surface area contributed by atoms with Crippen LogP contribution < -0.4 is 0 Å². The van der Waals surface area contributed by atoms with E-state index in [9.17, 15) is 9.59 Å². The monoisotopic (exact) mass is 247 g/mol. The van der Waals surface area contributed by atoms with E-state index in [0.29, 0.717) is 11.1 Å². The number of carbonyl (C=O) groups excluding carboxylic acids is 2. The lowest BCUT2D eigenvalue weighted by Gasteiger charge is -2.01. The first-order valence-electron chi connectivity index (χ1n) is 5.66. The molecule has 0 amide bonds. The molecular formula is C13H13NO4. The number of carbonyl (C=O) groups is 2. The summed E-state index contributed by atoms with van der Waals surface area (Å²) in [6.07, 6.45) is -0.246. The molecule has 0 unspecified atom stereocenters. The van der Waals surface area contributed by atoms with Crippen molar-refractivity contribution < 1.29 is 18.8 Å². The number of benzene rings is 1. The van der Waals surface area contributed by atoms with Gasteiger partial charge in [0.25, 0.3) is 0 Å². The van der Waals surface area contributed by atoms with E-state index in [4.69, 9.17) is 9.26 Å². The van der Waals surface area contributed by atoms with Crippen molar-refractivity contribution in [3.8, 4) is 0 Å². The Morgan fingerprint density at radius 2 is 2.17 bits per heavy atom. The molecule has 0 fully saturated rings. The fourth-order valence-electron chi connectivity index (χ4n) is 1.68. The lowest BCUT2D eigenvalue weighted by molar-refractivity contribution is -0.141. The topological polar surface area (TPSA) is 69.4 Å². The minimum Gasteiger partial charge on any atom is -0.466 e. The summed E-state index contributed by atoms with van der Waals surface area (Å²) in [7, 11) is 0. The molecule has 0 N–H and O–H groups in total. The molecule has 2 aromatic rings. The van der Waals surface area contributed by atoms with Crippen molar-refractivity contribution in [3.05, 3.63) is 29.5 Å². The van der Waals surface area contributed by atoms with Gasteiger partial charge in [-0.3, -0.25) is 9.59 Å². The van der Waals surface area contributed by atoms with Gasteiger partial charge >= 0.3 is 5.97 Å². The number of esters is 1. The number of Topliss-reactive ketones (excluding diaryl/α,β-unsaturated/α-hetero) is 1. The first-order chi connectivity index (χ1) is 8.61. The summed E-state index contributed by atoms with van der Waals surface area (Å²) >= 11 is 0. The van der Waals surface area contributed by atoms with E-state index in [1.54, 1.807) is 32.0 Å². The number of ketones is 1. The maximum absolute atomic E-state index is 11.9. The Morgan fingerprint density at radius 1 is 1.39 bits per heavy atom. The zero-order chi connectivity index (χ0) is 13.1. The molecule has 0 bridgehead atoms. The molecule has 0 saturated carbocycles. The van der Waals surface area contributed by atoms with Crippen molar-refractivity contribution in [3.63, 3.8) is 0 Å². The molecule has 0 aliphatic carbocycles. The highest BCUT2D eigenvalue weighted by Gasteiger charge is 2.14. The Hall–Kier alpha value is -2.17. The third-order valence-corrected chi connectivity index (χ3v) is 2.58. The van der Waals surface area contributed by atoms with E-state index in [1.807, 2.05) is 0 Å². The summed E-state index contributed by atoms with van der Waals surface area (Å²) in [5.41, 5.74) is 1.80. The molecule has 1 heterocycles. The number of fused-ring (bicyclic) bond motifs is 1. The number of hydrogen-bond acceptors (Lipinski definition) is 5. The van der Waals surface area contributed by atoms with Crippen LogP contribution >= 0.6 is 0 Å². The summed E-state index contributed by atoms with van der Waals surface area (Å²) < 4.78 is 9.79. The predicted molar refractivity (Wildman–Crippen MR) is 64.3 cm³/mol. The average molecular weight is 247 g/mol. The SMILES string of the molecule is CCOC(=O)CC(=O)c1ccc2onc(C)c2c1. The van der Waals surface area contributed by atoms with Crippen LogP contribution in [0.25, 0.3) is 11.0 Å². The Kier molecular flexibility index (Phi) is 3.41.